The minimum absolute atomic E-state index is 0. The Kier molecular flexibility index (Phi) is 48.9. The highest BCUT2D eigenvalue weighted by molar-refractivity contribution is 7.90. The van der Waals surface area contributed by atoms with E-state index < -0.39 is 45.9 Å². The number of nitrogens with zero attached hydrogens (tertiary/aromatic N) is 5. The van der Waals surface area contributed by atoms with Gasteiger partial charge >= 0.3 is 54.9 Å². The van der Waals surface area contributed by atoms with Crippen LogP contribution in [0.4, 0.5) is 14.6 Å². The number of hydrogen-bond acceptors (Lipinski definition) is 27. The number of allylic oxidation sites excluding steroid dienone is 1. The topological polar surface area (TPSA) is 424 Å². The molecule has 794 valence electrons. The van der Waals surface area contributed by atoms with Crippen molar-refractivity contribution in [2.24, 2.45) is 55.0 Å². The van der Waals surface area contributed by atoms with Crippen molar-refractivity contribution in [1.29, 1.82) is 0 Å². The number of hydroxylamine groups is 2. The number of aryl methyl sites for hydroxylation is 1. The average molecular weight is 2050 g/mol. The quantitative estimate of drug-likeness (QED) is 0.00620. The van der Waals surface area contributed by atoms with Gasteiger partial charge in [0.25, 0.3) is 10.0 Å². The third kappa shape index (κ3) is 36.4. The molecule has 3 aromatic heterocycles. The number of aliphatic carboxylic acids is 1. The fraction of sp³-hybridized carbons (Fsp3) is 0.660. The molecule has 0 bridgehead atoms. The van der Waals surface area contributed by atoms with E-state index in [9.17, 15) is 60.3 Å². The highest BCUT2D eigenvalue weighted by atomic mass is 35.5. The minimum atomic E-state index is -3.94. The monoisotopic (exact) mass is 2050 g/mol. The Labute approximate surface area is 852 Å². The summed E-state index contributed by atoms with van der Waals surface area (Å²) in [7, 11) is 0.731. The molecular weight excluding hydrogens is 1890 g/mol. The van der Waals surface area contributed by atoms with Gasteiger partial charge in [-0.1, -0.05) is 166 Å². The molecule has 5 aromatic rings. The number of rotatable bonds is 27. The van der Waals surface area contributed by atoms with E-state index in [2.05, 4.69) is 100 Å². The number of aromatic nitrogens is 4. The smallest absolute Gasteiger partial charge is 0.497 e. The van der Waals surface area contributed by atoms with E-state index in [1.165, 1.54) is 173 Å². The lowest BCUT2D eigenvalue weighted by molar-refractivity contribution is -0.452. The molecule has 4 unspecified atom stereocenters. The van der Waals surface area contributed by atoms with Crippen molar-refractivity contribution in [2.45, 2.75) is 356 Å². The number of carbonyl (C=O) groups is 9. The van der Waals surface area contributed by atoms with Crippen LogP contribution < -0.4 is 34.7 Å². The van der Waals surface area contributed by atoms with Crippen molar-refractivity contribution in [3.05, 3.63) is 132 Å². The first-order chi connectivity index (χ1) is 66.2. The molecule has 9 saturated carbocycles. The number of aliphatic hydroxyl groups excluding tert-OH is 1. The van der Waals surface area contributed by atoms with E-state index in [-0.39, 0.29) is 151 Å². The molecule has 0 spiro atoms. The maximum absolute atomic E-state index is 14.0. The summed E-state index contributed by atoms with van der Waals surface area (Å²) in [4.78, 5) is 114. The number of carbonyl (C=O) groups excluding carboxylic acids is 8. The maximum atomic E-state index is 14.0. The van der Waals surface area contributed by atoms with Gasteiger partial charge in [-0.3, -0.25) is 33.6 Å². The fourth-order valence-corrected chi connectivity index (χ4v) is 18.7. The van der Waals surface area contributed by atoms with Crippen LogP contribution in [0.3, 0.4) is 0 Å². The standard InChI is InChI=1S/C20H22BFN2O4S.C15H19NO2.C13H17ClFN3O2.C9H17NO2.C9H14O2.C8H15NO2.C8H14O2.C7H12O2.C6H12O.C6H10O.C5H8O2.ClH/c1-13-6-8-15(9-7-13)29(25,26)24-12-17(16-10-14(22)11-23-18(16)24)21-27-19(2,3)20(4,5)28-21;1-15(8-5-9-15)13-10-14(17)18-16(13)11-12-6-3-2-4-7-12;1-13(4-3-5-13)9(6-10(19)20-2)17-11-8(15)7-16-12(14)18-11;1-9(4-3-5-9)7(10)6-8(11)12-2;1-9(5-3-6-9)7-4-8(10)11-2;1-8(3-2-4-8)6(9)5-7(10)11;1-3-10-7(9)8(2)5-4-6-8;1-2-9-7(8)6-4-3-5-6;2*1-6(5-7)3-2-4-6;1-3-4-5(6)7-2;/h6-12H,1-5H3;2-4,6-7,13H,5,8-11H2,1H3;7,9H,3-6H2,1-2H3,(H,16,17,18);7H,3-6,10H2,1-2H3;4,7H,3,5-6H2,1-2H3;6H,2-5,9H2,1H3,(H,10,11);3-6H2,1-2H3;6H,2-5H2,1H3;7H,2-5H2,1H3;5H,2-4H2,1H3;3H,1,4H2,2H3;1H/b;;;;7-4+;;;;;;;. The summed E-state index contributed by atoms with van der Waals surface area (Å²) >= 11 is 5.67. The van der Waals surface area contributed by atoms with Gasteiger partial charge in [0.05, 0.1) is 126 Å². The number of fused-ring (bicyclic) bond motifs is 1. The Bertz CT molecular complexity index is 5010. The number of anilines is 1. The van der Waals surface area contributed by atoms with E-state index in [1.807, 2.05) is 91.7 Å². The summed E-state index contributed by atoms with van der Waals surface area (Å²) in [5.74, 6) is -2.74. The van der Waals surface area contributed by atoms with Gasteiger partial charge in [0, 0.05) is 52.6 Å². The molecule has 2 aromatic carbocycles. The summed E-state index contributed by atoms with van der Waals surface area (Å²) in [6.07, 6.45) is 42.2. The normalized spacial score (nSPS) is 20.8. The summed E-state index contributed by atoms with van der Waals surface area (Å²) < 4.78 is 95.2. The number of aliphatic hydroxyl groups is 1. The molecule has 5 heterocycles. The number of nitrogens with two attached hydrogens (primary N) is 1. The number of methoxy groups -OCH3 is 4. The molecule has 142 heavy (non-hydrogen) atoms. The lowest BCUT2D eigenvalue weighted by Gasteiger charge is -2.45. The van der Waals surface area contributed by atoms with Crippen LogP contribution in [0, 0.1) is 67.8 Å². The lowest BCUT2D eigenvalue weighted by atomic mass is 9.64. The third-order valence-corrected chi connectivity index (χ3v) is 32.3. The Morgan fingerprint density at radius 3 is 1.60 bits per heavy atom. The Balaban J connectivity index is 0.000000284. The van der Waals surface area contributed by atoms with Crippen molar-refractivity contribution < 1.29 is 131 Å². The summed E-state index contributed by atoms with van der Waals surface area (Å²) in [5, 5.41) is 22.3. The predicted molar refractivity (Wildman–Crippen MR) is 538 cm³/mol. The number of pyridine rings is 1. The molecule has 2 aliphatic heterocycles. The van der Waals surface area contributed by atoms with Crippen molar-refractivity contribution in [3.63, 3.8) is 0 Å². The molecule has 36 heteroatoms. The van der Waals surface area contributed by atoms with Crippen LogP contribution in [0.15, 0.2) is 109 Å². The van der Waals surface area contributed by atoms with Crippen LogP contribution >= 0.6 is 11.6 Å². The van der Waals surface area contributed by atoms with Crippen LogP contribution in [0.1, 0.15) is 314 Å². The van der Waals surface area contributed by atoms with E-state index >= 15 is 0 Å². The largest absolute Gasteiger partial charge is 1.00 e. The average Bonchev–Trinajstić information content (AvgIpc) is 1.58. The first kappa shape index (κ1) is 124. The number of hydrogen-bond donors (Lipinski definition) is 5. The van der Waals surface area contributed by atoms with E-state index in [4.69, 9.17) is 55.9 Å². The van der Waals surface area contributed by atoms with Crippen LogP contribution in [-0.4, -0.2) is 187 Å². The second-order valence-electron chi connectivity index (χ2n) is 42.5. The number of ether oxygens (including phenoxy) is 6. The molecule has 4 atom stereocenters. The zero-order valence-electron chi connectivity index (χ0n) is 87.4. The van der Waals surface area contributed by atoms with Gasteiger partial charge in [0.1, 0.15) is 18.1 Å². The van der Waals surface area contributed by atoms with E-state index in [1.54, 1.807) is 12.1 Å². The number of benzene rings is 2. The zero-order chi connectivity index (χ0) is 105. The van der Waals surface area contributed by atoms with Crippen LogP contribution in [0.2, 0.25) is 5.28 Å². The van der Waals surface area contributed by atoms with Gasteiger partial charge in [-0.2, -0.15) is 4.98 Å². The zero-order valence-corrected chi connectivity index (χ0v) is 89.8. The van der Waals surface area contributed by atoms with E-state index in [0.29, 0.717) is 67.3 Å². The van der Waals surface area contributed by atoms with Gasteiger partial charge in [-0.05, 0) is 233 Å². The predicted octanol–water partition coefficient (Wildman–Crippen LogP) is 15.3. The first-order valence-corrected chi connectivity index (χ1v) is 51.6. The van der Waals surface area contributed by atoms with Crippen LogP contribution in [0.25, 0.3) is 11.0 Å². The summed E-state index contributed by atoms with van der Waals surface area (Å²) in [5.41, 5.74) is 12.3. The second kappa shape index (κ2) is 56.2. The molecule has 8 N–H and O–H groups in total. The van der Waals surface area contributed by atoms with Crippen LogP contribution in [0.5, 0.6) is 0 Å². The SMILES string of the molecule is C=CCC(=O)OC.CC1(C(N)CC(=O)O)CCC1.CC1(C2CC(=O)ON2Cc2ccccc2)CCC1.CC1(C=O)CCC1.CC1(CO)CCC1.CCOC(=O)C1(C)CCC1.CCOC(=O)C1CCC1.COC(=O)/C=C/C1(C)CCC1.COC(=O)CC(Nc1nc(Cl)ncc1F)C1(C)CCC1.COC(=O)CC([NH3+])C1(C)CCC1.Cc1ccc(S(=O)(=O)n2cc(B3OC(C)(C)C(C)(C)O3)c3cc(F)cnc32)cc1.[Cl-]. The summed E-state index contributed by atoms with van der Waals surface area (Å²) in [6, 6.07) is 18.0. The highest BCUT2D eigenvalue weighted by Crippen LogP contribution is 2.51. The van der Waals surface area contributed by atoms with E-state index in [0.717, 1.165) is 98.8 Å². The number of esters is 6. The lowest BCUT2D eigenvalue weighted by Crippen LogP contribution is -3.00. The molecule has 0 radical (unpaired) electrons. The number of carboxylic acid groups (broad SMARTS) is 1. The number of carboxylic acids is 1. The first-order valence-electron chi connectivity index (χ1n) is 49.8. The van der Waals surface area contributed by atoms with Gasteiger partial charge in [-0.15, -0.1) is 11.6 Å². The fourth-order valence-electron chi connectivity index (χ4n) is 17.3. The number of halogens is 4. The number of quaternary nitrogens is 1. The van der Waals surface area contributed by atoms with Gasteiger partial charge in [0.15, 0.2) is 17.3 Å². The number of aldehydes is 1. The molecule has 11 fully saturated rings. The molecule has 30 nitrogen and oxygen atoms in total. The molecule has 16 rings (SSSR count). The van der Waals surface area contributed by atoms with Crippen molar-refractivity contribution in [1.82, 2.24) is 24.0 Å². The molecule has 11 aliphatic rings. The molecule has 9 aliphatic carbocycles. The van der Waals surface area contributed by atoms with Crippen molar-refractivity contribution in [3.8, 4) is 0 Å². The van der Waals surface area contributed by atoms with Crippen LogP contribution in [-0.2, 0) is 102 Å². The molecule has 2 saturated heterocycles. The maximum Gasteiger partial charge on any atom is 0.497 e. The van der Waals surface area contributed by atoms with Gasteiger partial charge in [-0.25, -0.2) is 35.9 Å². The minimum Gasteiger partial charge on any atom is -1.00 e. The Morgan fingerprint density at radius 2 is 1.20 bits per heavy atom. The van der Waals surface area contributed by atoms with Gasteiger partial charge in [0.2, 0.25) is 5.28 Å². The molecular formula is C106H161BCl2F2N8O22S. The highest BCUT2D eigenvalue weighted by Gasteiger charge is 2.54. The Hall–Kier alpha value is -8.87. The third-order valence-electron chi connectivity index (χ3n) is 30.5. The second-order valence-corrected chi connectivity index (χ2v) is 44.6. The van der Waals surface area contributed by atoms with Gasteiger partial charge < -0.3 is 86.8 Å². The van der Waals surface area contributed by atoms with Crippen molar-refractivity contribution >= 4 is 105 Å². The van der Waals surface area contributed by atoms with Crippen molar-refractivity contribution in [2.75, 3.05) is 53.6 Å². The number of nitrogens with one attached hydrogen (secondary N) is 1. The summed E-state index contributed by atoms with van der Waals surface area (Å²) in [6.45, 7) is 35.5. The molecule has 0 amide bonds. The Morgan fingerprint density at radius 1 is 0.676 bits per heavy atom.